The van der Waals surface area contributed by atoms with Gasteiger partial charge >= 0.3 is 23.9 Å². The summed E-state index contributed by atoms with van der Waals surface area (Å²) in [6.45, 7) is 6.27. The molecule has 1 aromatic rings. The third kappa shape index (κ3) is 11.8. The predicted molar refractivity (Wildman–Crippen MR) is 187 cm³/mol. The van der Waals surface area contributed by atoms with Gasteiger partial charge in [0.2, 0.25) is 0 Å². The fourth-order valence-electron chi connectivity index (χ4n) is 7.86. The fraction of sp³-hybridized carbons (Fsp3) is 0.659. The van der Waals surface area contributed by atoms with Crippen molar-refractivity contribution in [2.75, 3.05) is 13.2 Å². The first-order valence-corrected chi connectivity index (χ1v) is 18.7. The number of terminal acetylenes is 1. The van der Waals surface area contributed by atoms with Crippen molar-refractivity contribution in [1.82, 2.24) is 0 Å². The first kappa shape index (κ1) is 38.2. The van der Waals surface area contributed by atoms with E-state index in [9.17, 15) is 19.2 Å². The molecule has 268 valence electrons. The van der Waals surface area contributed by atoms with E-state index in [1.165, 1.54) is 44.9 Å². The lowest BCUT2D eigenvalue weighted by Gasteiger charge is -2.41. The minimum atomic E-state index is -0.869. The van der Waals surface area contributed by atoms with Gasteiger partial charge in [0.1, 0.15) is 5.75 Å². The molecule has 3 saturated carbocycles. The SMILES string of the molecule is C#CC1(OC(=O)c2ccc(OC(=O)C3CCC(C(=O)OCCCCCOC(=O)C=C)CC3)cc2)CCC(C2CCC(CCCC)CC2)CC1. The number of unbranched alkanes of at least 4 members (excludes halogenated alkanes) is 3. The maximum atomic E-state index is 13.1. The van der Waals surface area contributed by atoms with E-state index in [1.54, 1.807) is 24.3 Å². The summed E-state index contributed by atoms with van der Waals surface area (Å²) in [6, 6.07) is 6.44. The van der Waals surface area contributed by atoms with Gasteiger partial charge in [0.15, 0.2) is 5.60 Å². The molecular weight excluding hydrogens is 620 g/mol. The highest BCUT2D eigenvalue weighted by atomic mass is 16.6. The Kier molecular flexibility index (Phi) is 15.2. The third-order valence-electron chi connectivity index (χ3n) is 11.1. The molecule has 0 aliphatic heterocycles. The van der Waals surface area contributed by atoms with Crippen LogP contribution in [0.5, 0.6) is 5.75 Å². The van der Waals surface area contributed by atoms with Crippen molar-refractivity contribution in [3.05, 3.63) is 42.5 Å². The average Bonchev–Trinajstić information content (AvgIpc) is 3.14. The van der Waals surface area contributed by atoms with E-state index in [0.717, 1.165) is 37.2 Å². The largest absolute Gasteiger partial charge is 0.465 e. The van der Waals surface area contributed by atoms with Crippen molar-refractivity contribution < 1.29 is 38.1 Å². The topological polar surface area (TPSA) is 105 Å². The Morgan fingerprint density at radius 3 is 1.98 bits per heavy atom. The Balaban J connectivity index is 1.13. The van der Waals surface area contributed by atoms with Crippen LogP contribution in [0.15, 0.2) is 36.9 Å². The normalized spacial score (nSPS) is 26.8. The predicted octanol–water partition coefficient (Wildman–Crippen LogP) is 8.56. The first-order chi connectivity index (χ1) is 23.8. The molecule has 0 aromatic heterocycles. The number of rotatable bonds is 16. The highest BCUT2D eigenvalue weighted by Crippen LogP contribution is 2.44. The zero-order chi connectivity index (χ0) is 35.1. The summed E-state index contributed by atoms with van der Waals surface area (Å²) in [6.07, 6.45) is 24.2. The van der Waals surface area contributed by atoms with Crippen molar-refractivity contribution >= 4 is 23.9 Å². The Bertz CT molecular complexity index is 1270. The Labute approximate surface area is 293 Å². The van der Waals surface area contributed by atoms with Gasteiger partial charge in [-0.15, -0.1) is 6.42 Å². The molecule has 49 heavy (non-hydrogen) atoms. The minimum absolute atomic E-state index is 0.223. The van der Waals surface area contributed by atoms with E-state index in [4.69, 9.17) is 25.4 Å². The van der Waals surface area contributed by atoms with E-state index in [1.807, 2.05) is 0 Å². The number of carbonyl (C=O) groups is 4. The number of hydrogen-bond acceptors (Lipinski definition) is 8. The van der Waals surface area contributed by atoms with Crippen LogP contribution in [0.2, 0.25) is 0 Å². The van der Waals surface area contributed by atoms with Crippen molar-refractivity contribution in [1.29, 1.82) is 0 Å². The second-order valence-corrected chi connectivity index (χ2v) is 14.4. The molecule has 0 amide bonds. The highest BCUT2D eigenvalue weighted by molar-refractivity contribution is 5.90. The van der Waals surface area contributed by atoms with Crippen molar-refractivity contribution in [2.45, 2.75) is 128 Å². The van der Waals surface area contributed by atoms with Gasteiger partial charge in [-0.2, -0.15) is 0 Å². The third-order valence-corrected chi connectivity index (χ3v) is 11.1. The summed E-state index contributed by atoms with van der Waals surface area (Å²) in [7, 11) is 0. The Hall–Kier alpha value is -3.60. The Morgan fingerprint density at radius 1 is 0.796 bits per heavy atom. The van der Waals surface area contributed by atoms with E-state index >= 15 is 0 Å². The van der Waals surface area contributed by atoms with Crippen molar-refractivity contribution in [3.63, 3.8) is 0 Å². The van der Waals surface area contributed by atoms with E-state index < -0.39 is 17.5 Å². The summed E-state index contributed by atoms with van der Waals surface area (Å²) in [5.41, 5.74) is -0.497. The van der Waals surface area contributed by atoms with Gasteiger partial charge in [0.25, 0.3) is 0 Å². The van der Waals surface area contributed by atoms with Crippen molar-refractivity contribution in [3.8, 4) is 18.1 Å². The molecule has 0 N–H and O–H groups in total. The maximum Gasteiger partial charge on any atom is 0.339 e. The lowest BCUT2D eigenvalue weighted by Crippen LogP contribution is -2.39. The average molecular weight is 677 g/mol. The summed E-state index contributed by atoms with van der Waals surface area (Å²) in [5.74, 6) is 3.53. The molecule has 3 aliphatic rings. The minimum Gasteiger partial charge on any atom is -0.465 e. The summed E-state index contributed by atoms with van der Waals surface area (Å²) >= 11 is 0. The molecule has 4 rings (SSSR count). The number of hydrogen-bond donors (Lipinski definition) is 0. The van der Waals surface area contributed by atoms with Gasteiger partial charge < -0.3 is 18.9 Å². The Morgan fingerprint density at radius 2 is 1.39 bits per heavy atom. The van der Waals surface area contributed by atoms with E-state index in [0.29, 0.717) is 81.8 Å². The second kappa shape index (κ2) is 19.6. The molecule has 3 aliphatic carbocycles. The van der Waals surface area contributed by atoms with Crippen LogP contribution < -0.4 is 4.74 Å². The molecule has 3 fully saturated rings. The van der Waals surface area contributed by atoms with Gasteiger partial charge in [0, 0.05) is 6.08 Å². The summed E-state index contributed by atoms with van der Waals surface area (Å²) < 4.78 is 22.0. The number of ether oxygens (including phenoxy) is 4. The molecule has 0 heterocycles. The van der Waals surface area contributed by atoms with E-state index in [-0.39, 0.29) is 23.8 Å². The van der Waals surface area contributed by atoms with Crippen LogP contribution in [0.25, 0.3) is 0 Å². The van der Waals surface area contributed by atoms with Crippen LogP contribution in [0.1, 0.15) is 133 Å². The lowest BCUT2D eigenvalue weighted by molar-refractivity contribution is -0.152. The zero-order valence-electron chi connectivity index (χ0n) is 29.5. The molecule has 0 atom stereocenters. The lowest BCUT2D eigenvalue weighted by atomic mass is 9.68. The molecule has 1 aromatic carbocycles. The summed E-state index contributed by atoms with van der Waals surface area (Å²) in [5, 5.41) is 0. The molecule has 0 unspecified atom stereocenters. The van der Waals surface area contributed by atoms with Crippen LogP contribution in [0, 0.1) is 41.9 Å². The summed E-state index contributed by atoms with van der Waals surface area (Å²) in [4.78, 5) is 49.5. The van der Waals surface area contributed by atoms with Gasteiger partial charge in [-0.25, -0.2) is 9.59 Å². The number of esters is 4. The molecule has 8 heteroatoms. The maximum absolute atomic E-state index is 13.1. The van der Waals surface area contributed by atoms with Gasteiger partial charge in [-0.05, 0) is 125 Å². The molecule has 0 radical (unpaired) electrons. The zero-order valence-corrected chi connectivity index (χ0v) is 29.5. The monoisotopic (exact) mass is 676 g/mol. The van der Waals surface area contributed by atoms with Crippen LogP contribution in [0.3, 0.4) is 0 Å². The first-order valence-electron chi connectivity index (χ1n) is 18.7. The van der Waals surface area contributed by atoms with Gasteiger partial charge in [-0.1, -0.05) is 51.5 Å². The fourth-order valence-corrected chi connectivity index (χ4v) is 7.86. The smallest absolute Gasteiger partial charge is 0.339 e. The molecular formula is C41H56O8. The quantitative estimate of drug-likeness (QED) is 0.0428. The molecule has 0 bridgehead atoms. The number of benzene rings is 1. The molecule has 8 nitrogen and oxygen atoms in total. The molecule has 0 saturated heterocycles. The van der Waals surface area contributed by atoms with Crippen LogP contribution in [-0.2, 0) is 28.6 Å². The van der Waals surface area contributed by atoms with Crippen molar-refractivity contribution in [2.24, 2.45) is 29.6 Å². The van der Waals surface area contributed by atoms with Gasteiger partial charge in [-0.3, -0.25) is 9.59 Å². The van der Waals surface area contributed by atoms with Gasteiger partial charge in [0.05, 0.1) is 30.6 Å². The standard InChI is InChI=1S/C41H56O8/c1-4-7-11-30-12-14-31(15-13-30)32-24-26-41(6-3,27-25-32)49-40(45)35-20-22-36(23-21-35)48-39(44)34-18-16-33(17-19-34)38(43)47-29-10-8-9-28-46-37(42)5-2/h3,5,20-23,30-34H,2,4,7-19,24-29H2,1H3. The van der Waals surface area contributed by atoms with Crippen LogP contribution >= 0.6 is 0 Å². The molecule has 0 spiro atoms. The highest BCUT2D eigenvalue weighted by Gasteiger charge is 2.40. The van der Waals surface area contributed by atoms with E-state index in [2.05, 4.69) is 19.4 Å². The van der Waals surface area contributed by atoms with Crippen LogP contribution in [-0.4, -0.2) is 42.7 Å². The second-order valence-electron chi connectivity index (χ2n) is 14.4. The number of carbonyl (C=O) groups excluding carboxylic acids is 4. The van der Waals surface area contributed by atoms with Crippen LogP contribution in [0.4, 0.5) is 0 Å².